The van der Waals surface area contributed by atoms with Crippen LogP contribution in [-0.2, 0) is 17.6 Å². The Morgan fingerprint density at radius 1 is 1.40 bits per heavy atom. The number of amides is 1. The second-order valence-electron chi connectivity index (χ2n) is 5.85. The maximum absolute atomic E-state index is 12.1. The van der Waals surface area contributed by atoms with Gasteiger partial charge in [0, 0.05) is 29.2 Å². The van der Waals surface area contributed by atoms with E-state index in [2.05, 4.69) is 27.5 Å². The second kappa shape index (κ2) is 7.45. The van der Waals surface area contributed by atoms with E-state index < -0.39 is 0 Å². The number of nitrogens with one attached hydrogen (secondary N) is 1. The van der Waals surface area contributed by atoms with Crippen molar-refractivity contribution < 1.29 is 4.79 Å². The van der Waals surface area contributed by atoms with Gasteiger partial charge in [-0.05, 0) is 43.7 Å². The third-order valence-electron chi connectivity index (χ3n) is 4.20. The molecule has 3 aromatic heterocycles. The van der Waals surface area contributed by atoms with Crippen molar-refractivity contribution in [1.29, 1.82) is 5.26 Å². The van der Waals surface area contributed by atoms with Gasteiger partial charge in [0.05, 0.1) is 6.20 Å². The Kier molecular flexibility index (Phi) is 5.10. The van der Waals surface area contributed by atoms with Crippen LogP contribution in [-0.4, -0.2) is 27.0 Å². The molecule has 25 heavy (non-hydrogen) atoms. The lowest BCUT2D eigenvalue weighted by Crippen LogP contribution is -2.26. The first-order valence-corrected chi connectivity index (χ1v) is 9.01. The molecule has 0 bridgehead atoms. The molecule has 3 rings (SSSR count). The number of nitriles is 1. The molecular weight excluding hydrogens is 334 g/mol. The Bertz CT molecular complexity index is 937. The second-order valence-corrected chi connectivity index (χ2v) is 6.88. The Morgan fingerprint density at radius 2 is 2.24 bits per heavy atom. The lowest BCUT2D eigenvalue weighted by molar-refractivity contribution is -0.121. The molecule has 0 unspecified atom stereocenters. The zero-order valence-electron chi connectivity index (χ0n) is 14.2. The van der Waals surface area contributed by atoms with E-state index in [1.807, 2.05) is 25.3 Å². The third kappa shape index (κ3) is 3.69. The molecule has 6 nitrogen and oxygen atoms in total. The van der Waals surface area contributed by atoms with Crippen molar-refractivity contribution in [3.8, 4) is 6.07 Å². The fraction of sp³-hybridized carbons (Fsp3) is 0.333. The Labute approximate surface area is 150 Å². The van der Waals surface area contributed by atoms with Gasteiger partial charge in [-0.1, -0.05) is 6.07 Å². The maximum atomic E-state index is 12.1. The molecule has 0 saturated carbocycles. The van der Waals surface area contributed by atoms with Gasteiger partial charge < -0.3 is 5.32 Å². The first-order chi connectivity index (χ1) is 12.1. The summed E-state index contributed by atoms with van der Waals surface area (Å²) < 4.78 is 1.68. The summed E-state index contributed by atoms with van der Waals surface area (Å²) in [6.07, 6.45) is 3.40. The molecule has 0 fully saturated rings. The van der Waals surface area contributed by atoms with Crippen LogP contribution in [0.3, 0.4) is 0 Å². The van der Waals surface area contributed by atoms with Gasteiger partial charge in [0.2, 0.25) is 5.91 Å². The summed E-state index contributed by atoms with van der Waals surface area (Å²) in [7, 11) is 0. The minimum absolute atomic E-state index is 0.0358. The Hall–Kier alpha value is -2.72. The molecule has 0 aliphatic carbocycles. The Balaban J connectivity index is 1.62. The monoisotopic (exact) mass is 353 g/mol. The van der Waals surface area contributed by atoms with Crippen LogP contribution in [0.15, 0.2) is 23.7 Å². The lowest BCUT2D eigenvalue weighted by atomic mass is 10.1. The topological polar surface area (TPSA) is 83.1 Å². The number of fused-ring (bicyclic) bond motifs is 1. The molecule has 0 aliphatic heterocycles. The molecule has 0 radical (unpaired) electrons. The maximum Gasteiger partial charge on any atom is 0.220 e. The number of carbonyl (C=O) groups excluding carboxylic acids is 1. The summed E-state index contributed by atoms with van der Waals surface area (Å²) in [6.45, 7) is 4.50. The van der Waals surface area contributed by atoms with Crippen LogP contribution in [0.5, 0.6) is 0 Å². The summed E-state index contributed by atoms with van der Waals surface area (Å²) in [4.78, 5) is 17.8. The molecule has 7 heteroatoms. The van der Waals surface area contributed by atoms with Crippen molar-refractivity contribution in [2.75, 3.05) is 6.54 Å². The van der Waals surface area contributed by atoms with Crippen LogP contribution < -0.4 is 5.32 Å². The lowest BCUT2D eigenvalue weighted by Gasteiger charge is -2.11. The highest BCUT2D eigenvalue weighted by molar-refractivity contribution is 7.09. The van der Waals surface area contributed by atoms with Gasteiger partial charge in [-0.2, -0.15) is 10.4 Å². The average Bonchev–Trinajstić information content (AvgIpc) is 3.24. The molecule has 0 aliphatic rings. The van der Waals surface area contributed by atoms with E-state index in [1.165, 1.54) is 11.1 Å². The molecule has 1 amide bonds. The number of aromatic nitrogens is 3. The zero-order chi connectivity index (χ0) is 17.8. The number of nitrogens with zero attached hydrogens (tertiary/aromatic N) is 4. The third-order valence-corrected chi connectivity index (χ3v) is 5.14. The normalized spacial score (nSPS) is 10.8. The fourth-order valence-corrected chi connectivity index (χ4v) is 3.57. The first kappa shape index (κ1) is 17.1. The highest BCUT2D eigenvalue weighted by Gasteiger charge is 2.14. The van der Waals surface area contributed by atoms with Crippen molar-refractivity contribution >= 4 is 22.9 Å². The van der Waals surface area contributed by atoms with E-state index in [0.29, 0.717) is 30.6 Å². The molecule has 1 N–H and O–H groups in total. The summed E-state index contributed by atoms with van der Waals surface area (Å²) in [5, 5.41) is 18.3. The van der Waals surface area contributed by atoms with Crippen LogP contribution in [0.25, 0.3) is 5.65 Å². The van der Waals surface area contributed by atoms with Crippen LogP contribution in [0.4, 0.5) is 0 Å². The standard InChI is InChI=1S/C18H19N5OS/c1-12-16(13(2)23-18(22-12)14(10-19)11-21-23)5-6-17(24)20-8-7-15-4-3-9-25-15/h3-4,9,11H,5-8H2,1-2H3,(H,20,24). The molecule has 128 valence electrons. The number of carbonyl (C=O) groups is 1. The van der Waals surface area contributed by atoms with Gasteiger partial charge in [0.1, 0.15) is 11.6 Å². The predicted molar refractivity (Wildman–Crippen MR) is 96.5 cm³/mol. The minimum Gasteiger partial charge on any atom is -0.356 e. The van der Waals surface area contributed by atoms with Gasteiger partial charge in [-0.3, -0.25) is 4.79 Å². The number of hydrogen-bond acceptors (Lipinski definition) is 5. The van der Waals surface area contributed by atoms with Gasteiger partial charge in [0.25, 0.3) is 0 Å². The largest absolute Gasteiger partial charge is 0.356 e. The molecule has 3 aromatic rings. The SMILES string of the molecule is Cc1nc2c(C#N)cnn2c(C)c1CCC(=O)NCCc1cccs1. The van der Waals surface area contributed by atoms with Gasteiger partial charge in [-0.15, -0.1) is 11.3 Å². The number of hydrogen-bond donors (Lipinski definition) is 1. The number of aryl methyl sites for hydroxylation is 2. The van der Waals surface area contributed by atoms with Gasteiger partial charge in [0.15, 0.2) is 5.65 Å². The smallest absolute Gasteiger partial charge is 0.220 e. The molecule has 0 spiro atoms. The van der Waals surface area contributed by atoms with Crippen LogP contribution >= 0.6 is 11.3 Å². The fourth-order valence-electron chi connectivity index (χ4n) is 2.86. The molecule has 3 heterocycles. The van der Waals surface area contributed by atoms with Gasteiger partial charge in [-0.25, -0.2) is 9.50 Å². The zero-order valence-corrected chi connectivity index (χ0v) is 15.1. The highest BCUT2D eigenvalue weighted by Crippen LogP contribution is 2.18. The molecule has 0 saturated heterocycles. The predicted octanol–water partition coefficient (Wildman–Crippen LogP) is 2.57. The summed E-state index contributed by atoms with van der Waals surface area (Å²) in [5.74, 6) is 0.0358. The molecule has 0 atom stereocenters. The summed E-state index contributed by atoms with van der Waals surface area (Å²) in [6, 6.07) is 6.19. The van der Waals surface area contributed by atoms with Crippen LogP contribution in [0, 0.1) is 25.2 Å². The van der Waals surface area contributed by atoms with Crippen molar-refractivity contribution in [3.63, 3.8) is 0 Å². The van der Waals surface area contributed by atoms with Crippen molar-refractivity contribution in [2.24, 2.45) is 0 Å². The quantitative estimate of drug-likeness (QED) is 0.738. The summed E-state index contributed by atoms with van der Waals surface area (Å²) >= 11 is 1.70. The van der Waals surface area contributed by atoms with Crippen LogP contribution in [0.2, 0.25) is 0 Å². The average molecular weight is 353 g/mol. The van der Waals surface area contributed by atoms with E-state index in [0.717, 1.165) is 23.4 Å². The van der Waals surface area contributed by atoms with E-state index in [9.17, 15) is 4.79 Å². The molecular formula is C18H19N5OS. The van der Waals surface area contributed by atoms with Crippen molar-refractivity contribution in [3.05, 3.63) is 51.1 Å². The number of thiophene rings is 1. The van der Waals surface area contributed by atoms with Gasteiger partial charge >= 0.3 is 0 Å². The Morgan fingerprint density at radius 3 is 2.96 bits per heavy atom. The molecule has 0 aromatic carbocycles. The van der Waals surface area contributed by atoms with Crippen molar-refractivity contribution in [1.82, 2.24) is 19.9 Å². The minimum atomic E-state index is 0.0358. The highest BCUT2D eigenvalue weighted by atomic mass is 32.1. The first-order valence-electron chi connectivity index (χ1n) is 8.13. The van der Waals surface area contributed by atoms with E-state index >= 15 is 0 Å². The van der Waals surface area contributed by atoms with E-state index in [4.69, 9.17) is 5.26 Å². The van der Waals surface area contributed by atoms with Crippen molar-refractivity contribution in [2.45, 2.75) is 33.1 Å². The van der Waals surface area contributed by atoms with E-state index in [1.54, 1.807) is 15.9 Å². The van der Waals surface area contributed by atoms with E-state index in [-0.39, 0.29) is 5.91 Å². The summed E-state index contributed by atoms with van der Waals surface area (Å²) in [5.41, 5.74) is 3.81. The number of rotatable bonds is 6. The van der Waals surface area contributed by atoms with Crippen LogP contribution in [0.1, 0.15) is 33.8 Å².